The van der Waals surface area contributed by atoms with Crippen molar-refractivity contribution in [2.75, 3.05) is 0 Å². The van der Waals surface area contributed by atoms with E-state index in [4.69, 9.17) is 0 Å². The van der Waals surface area contributed by atoms with Gasteiger partial charge >= 0.3 is 19.8 Å². The van der Waals surface area contributed by atoms with Gasteiger partial charge in [0, 0.05) is 112 Å². The largest absolute Gasteiger partial charge is 1.00 e. The average Bonchev–Trinajstić information content (AvgIpc) is 3.85. The summed E-state index contributed by atoms with van der Waals surface area (Å²) in [6.45, 7) is 17.3. The van der Waals surface area contributed by atoms with E-state index in [-0.39, 0.29) is 31.6 Å². The maximum atomic E-state index is 12.6. The minimum Gasteiger partial charge on any atom is -0.354 e. The van der Waals surface area contributed by atoms with Crippen LogP contribution in [0.3, 0.4) is 0 Å². The first-order valence-electron chi connectivity index (χ1n) is 31.2. The number of aryl methyl sites for hydroxylation is 7. The first kappa shape index (κ1) is 67.9. The number of nitrogens with zero attached hydrogens (tertiary/aromatic N) is 10. The molecule has 1 amide bonds. The molecule has 0 aliphatic rings. The number of aromatic nitrogens is 10. The molecule has 0 bridgehead atoms. The molecule has 0 saturated heterocycles. The number of benzene rings is 1. The number of pyridine rings is 8. The summed E-state index contributed by atoms with van der Waals surface area (Å²) in [5, 5.41) is 3.09. The average molecular weight is 1360 g/mol. The van der Waals surface area contributed by atoms with Crippen LogP contribution in [0.5, 0.6) is 0 Å². The fourth-order valence-electron chi connectivity index (χ4n) is 10.8. The monoisotopic (exact) mass is 1360 g/mol. The molecule has 89 heavy (non-hydrogen) atoms. The number of hydrogen-bond acceptors (Lipinski definition) is 9. The Labute approximate surface area is 540 Å². The molecule has 459 valence electrons. The Bertz CT molecular complexity index is 3560. The Morgan fingerprint density at radius 1 is 0.506 bits per heavy atom. The van der Waals surface area contributed by atoms with E-state index < -0.39 is 0 Å². The fourth-order valence-corrected chi connectivity index (χ4v) is 10.8. The standard InChI is InChI=1S/C51H61N7O2.2C12H12N2.Os/c1-4-43(45-17-23-52-24-18-45)37-48(46-21-31-57(32-22-46)28-10-6-8-15-51(60)58-33-26-53-39-58)35-41(3)44-19-29-56(30-20-44)27-9-5-7-14-50(59)55-38-42-12-11-13-47(36-42)49-34-40(2)16-25-54-49;2*1-9-3-5-13-11(7-9)12-8-10(2)4-6-14-12;/h11-12,16-26,29-34,36,39,41,43,48H,4-10,14-15,27-28,35,37-38H2,1-3H3;2*3-8H,1-2H3;/q;;;+1/p+1. The molecule has 0 aliphatic heterocycles. The molecule has 0 spiro atoms. The zero-order valence-corrected chi connectivity index (χ0v) is 55.4. The van der Waals surface area contributed by atoms with Crippen LogP contribution < -0.4 is 14.5 Å². The van der Waals surface area contributed by atoms with Crippen molar-refractivity contribution in [1.29, 1.82) is 0 Å². The Hall–Kier alpha value is -8.59. The molecule has 10 rings (SSSR count). The molecule has 9 heterocycles. The van der Waals surface area contributed by atoms with E-state index >= 15 is 0 Å². The summed E-state index contributed by atoms with van der Waals surface area (Å²) in [7, 11) is 0. The van der Waals surface area contributed by atoms with E-state index in [2.05, 4.69) is 177 Å². The third kappa shape index (κ3) is 22.5. The molecule has 3 unspecified atom stereocenters. The van der Waals surface area contributed by atoms with Gasteiger partial charge in [-0.15, -0.1) is 35.4 Å². The van der Waals surface area contributed by atoms with E-state index in [9.17, 15) is 9.59 Å². The summed E-state index contributed by atoms with van der Waals surface area (Å²) >= 11 is 0. The van der Waals surface area contributed by atoms with E-state index in [1.165, 1.54) is 38.9 Å². The number of imidazole rings is 1. The van der Waals surface area contributed by atoms with E-state index in [0.717, 1.165) is 116 Å². The second-order valence-corrected chi connectivity index (χ2v) is 23.2. The SMILES string of the molecule is CCC(CC(CC(C)c1cc[n+](CCCCCC(=O)NCc2cc[c-]c(-c3cc(C)ccn3)c2)cc1)c1cc[n+](CCCCCC(=O)n2ccnc2)cc1)c1ccncc1.Cc1ccnc(-c2cc(C)ccn2)c1.Cc1ccnc(-c2cc(C)ccn2)c1.[Os+]. The van der Waals surface area contributed by atoms with E-state index in [1.54, 1.807) is 23.3 Å². The molecule has 13 nitrogen and oxygen atoms in total. The third-order valence-corrected chi connectivity index (χ3v) is 15.9. The smallest absolute Gasteiger partial charge is 0.354 e. The van der Waals surface area contributed by atoms with Gasteiger partial charge in [0.05, 0.1) is 22.8 Å². The normalized spacial score (nSPS) is 11.8. The van der Waals surface area contributed by atoms with Gasteiger partial charge in [-0.3, -0.25) is 39.1 Å². The van der Waals surface area contributed by atoms with Crippen molar-refractivity contribution in [3.05, 3.63) is 258 Å². The van der Waals surface area contributed by atoms with Gasteiger partial charge in [0.25, 0.3) is 0 Å². The van der Waals surface area contributed by atoms with Crippen LogP contribution in [0.2, 0.25) is 0 Å². The predicted octanol–water partition coefficient (Wildman–Crippen LogP) is 15.2. The van der Waals surface area contributed by atoms with Crippen molar-refractivity contribution in [3.8, 4) is 34.0 Å². The minimum atomic E-state index is 0. The van der Waals surface area contributed by atoms with Crippen LogP contribution in [0.25, 0.3) is 34.0 Å². The second kappa shape index (κ2) is 36.0. The van der Waals surface area contributed by atoms with Gasteiger partial charge in [0.1, 0.15) is 19.4 Å². The van der Waals surface area contributed by atoms with Crippen molar-refractivity contribution >= 4 is 11.8 Å². The maximum Gasteiger partial charge on any atom is 1.00 e. The summed E-state index contributed by atoms with van der Waals surface area (Å²) in [5.41, 5.74) is 16.7. The first-order valence-corrected chi connectivity index (χ1v) is 31.2. The minimum absolute atomic E-state index is 0. The third-order valence-electron chi connectivity index (χ3n) is 15.9. The number of unbranched alkanes of at least 4 members (excludes halogenated alkanes) is 4. The van der Waals surface area contributed by atoms with Gasteiger partial charge in [-0.2, -0.15) is 0 Å². The summed E-state index contributed by atoms with van der Waals surface area (Å²) in [6.07, 6.45) is 36.9. The van der Waals surface area contributed by atoms with Gasteiger partial charge < -0.3 is 10.3 Å². The van der Waals surface area contributed by atoms with Crippen molar-refractivity contribution in [3.63, 3.8) is 0 Å². The predicted molar refractivity (Wildman–Crippen MR) is 350 cm³/mol. The van der Waals surface area contributed by atoms with Crippen LogP contribution in [0.15, 0.2) is 202 Å². The molecular formula is C75H86N11O2Os+2. The quantitative estimate of drug-likeness (QED) is 0.0335. The topological polar surface area (TPSA) is 149 Å². The Morgan fingerprint density at radius 3 is 1.46 bits per heavy atom. The first-order chi connectivity index (χ1) is 42.8. The number of nitrogens with one attached hydrogen (secondary N) is 1. The molecule has 0 aliphatic carbocycles. The van der Waals surface area contributed by atoms with Crippen LogP contribution in [0.1, 0.15) is 157 Å². The summed E-state index contributed by atoms with van der Waals surface area (Å²) in [4.78, 5) is 54.8. The van der Waals surface area contributed by atoms with E-state index in [0.29, 0.717) is 37.1 Å². The summed E-state index contributed by atoms with van der Waals surface area (Å²) in [5.74, 6) is 1.46. The van der Waals surface area contributed by atoms with Crippen molar-refractivity contribution < 1.29 is 38.5 Å². The van der Waals surface area contributed by atoms with E-state index in [1.807, 2.05) is 110 Å². The molecule has 1 N–H and O–H groups in total. The van der Waals surface area contributed by atoms with Crippen molar-refractivity contribution in [2.24, 2.45) is 0 Å². The van der Waals surface area contributed by atoms with Gasteiger partial charge in [-0.05, 0) is 209 Å². The Balaban J connectivity index is 0.000000314. The van der Waals surface area contributed by atoms with Crippen LogP contribution >= 0.6 is 0 Å². The van der Waals surface area contributed by atoms with Crippen molar-refractivity contribution in [2.45, 2.75) is 156 Å². The second-order valence-electron chi connectivity index (χ2n) is 23.2. The van der Waals surface area contributed by atoms with Crippen LogP contribution in [-0.2, 0) is 44.2 Å². The zero-order chi connectivity index (χ0) is 61.9. The number of rotatable bonds is 25. The molecule has 14 heteroatoms. The number of hydrogen-bond donors (Lipinski definition) is 1. The fraction of sp³-hybridized carbons (Fsp3) is 0.320. The van der Waals surface area contributed by atoms with Crippen LogP contribution in [-0.4, -0.2) is 51.3 Å². The number of amides is 1. The molecule has 9 aromatic heterocycles. The van der Waals surface area contributed by atoms with Gasteiger partial charge in [0.15, 0.2) is 24.8 Å². The molecule has 3 atom stereocenters. The number of carbonyl (C=O) groups excluding carboxylic acids is 2. The molecule has 1 radical (unpaired) electrons. The molecule has 10 aromatic rings. The van der Waals surface area contributed by atoms with Gasteiger partial charge in [-0.25, -0.2) is 14.1 Å². The maximum absolute atomic E-state index is 12.6. The molecule has 0 fully saturated rings. The summed E-state index contributed by atoms with van der Waals surface area (Å²) in [6, 6.07) is 42.9. The Kier molecular flexibility index (Phi) is 27.5. The number of carbonyl (C=O) groups is 2. The van der Waals surface area contributed by atoms with Crippen LogP contribution in [0, 0.1) is 40.7 Å². The van der Waals surface area contributed by atoms with Gasteiger partial charge in [0.2, 0.25) is 11.8 Å². The van der Waals surface area contributed by atoms with Crippen molar-refractivity contribution in [1.82, 2.24) is 44.8 Å². The van der Waals surface area contributed by atoms with Gasteiger partial charge in [-0.1, -0.05) is 25.5 Å². The molecule has 1 aromatic carbocycles. The summed E-state index contributed by atoms with van der Waals surface area (Å²) < 4.78 is 6.11. The Morgan fingerprint density at radius 2 is 0.978 bits per heavy atom. The molecular weight excluding hydrogens is 1280 g/mol. The van der Waals surface area contributed by atoms with Crippen LogP contribution in [0.4, 0.5) is 0 Å². The molecule has 0 saturated carbocycles. The zero-order valence-electron chi connectivity index (χ0n) is 52.8.